The van der Waals surface area contributed by atoms with Crippen LogP contribution in [0.2, 0.25) is 0 Å². The first-order valence-corrected chi connectivity index (χ1v) is 8.49. The van der Waals surface area contributed by atoms with E-state index in [2.05, 4.69) is 10.3 Å². The van der Waals surface area contributed by atoms with Gasteiger partial charge in [0, 0.05) is 23.9 Å². The number of amides is 2. The van der Waals surface area contributed by atoms with E-state index in [9.17, 15) is 22.8 Å². The maximum Gasteiger partial charge on any atom is 0.434 e. The minimum absolute atomic E-state index is 0.0337. The SMILES string of the molecule is CC(C)(C)C(=O)N1CCC[C@@H](C(=O)Nc2nc(C(F)(F)F)cs2)C1. The van der Waals surface area contributed by atoms with Crippen LogP contribution in [0.4, 0.5) is 18.3 Å². The zero-order valence-electron chi connectivity index (χ0n) is 13.7. The van der Waals surface area contributed by atoms with Crippen LogP contribution >= 0.6 is 11.3 Å². The highest BCUT2D eigenvalue weighted by Gasteiger charge is 2.35. The number of alkyl halides is 3. The second kappa shape index (κ2) is 6.70. The van der Waals surface area contributed by atoms with Crippen LogP contribution in [0.1, 0.15) is 39.3 Å². The fraction of sp³-hybridized carbons (Fsp3) is 0.667. The van der Waals surface area contributed by atoms with Crippen LogP contribution in [0.25, 0.3) is 0 Å². The maximum atomic E-state index is 12.5. The number of nitrogens with zero attached hydrogens (tertiary/aromatic N) is 2. The van der Waals surface area contributed by atoms with E-state index in [0.29, 0.717) is 19.4 Å². The van der Waals surface area contributed by atoms with Crippen LogP contribution in [0.3, 0.4) is 0 Å². The number of carbonyl (C=O) groups excluding carboxylic acids is 2. The highest BCUT2D eigenvalue weighted by atomic mass is 32.1. The molecule has 9 heteroatoms. The molecule has 1 fully saturated rings. The van der Waals surface area contributed by atoms with Crippen molar-refractivity contribution in [3.8, 4) is 0 Å². The Labute approximate surface area is 142 Å². The molecule has 24 heavy (non-hydrogen) atoms. The number of nitrogens with one attached hydrogen (secondary N) is 1. The molecule has 0 radical (unpaired) electrons. The largest absolute Gasteiger partial charge is 0.434 e. The molecule has 2 amide bonds. The molecule has 0 aliphatic carbocycles. The normalized spacial score (nSPS) is 19.2. The standard InChI is InChI=1S/C15H20F3N3O2S/c1-14(2,3)12(23)21-6-4-5-9(7-21)11(22)20-13-19-10(8-24-13)15(16,17)18/h8-9H,4-7H2,1-3H3,(H,19,20,22)/t9-/m1/s1. The first-order valence-electron chi connectivity index (χ1n) is 7.61. The molecule has 2 rings (SSSR count). The predicted molar refractivity (Wildman–Crippen MR) is 84.5 cm³/mol. The zero-order chi connectivity index (χ0) is 18.1. The van der Waals surface area contributed by atoms with Crippen LogP contribution in [-0.2, 0) is 15.8 Å². The summed E-state index contributed by atoms with van der Waals surface area (Å²) in [6.07, 6.45) is -3.25. The van der Waals surface area contributed by atoms with Gasteiger partial charge in [0.1, 0.15) is 0 Å². The lowest BCUT2D eigenvalue weighted by Crippen LogP contribution is -2.47. The molecule has 0 unspecified atom stereocenters. The van der Waals surface area contributed by atoms with E-state index >= 15 is 0 Å². The minimum Gasteiger partial charge on any atom is -0.341 e. The van der Waals surface area contributed by atoms with Gasteiger partial charge in [-0.25, -0.2) is 4.98 Å². The Morgan fingerprint density at radius 3 is 2.54 bits per heavy atom. The summed E-state index contributed by atoms with van der Waals surface area (Å²) < 4.78 is 37.6. The topological polar surface area (TPSA) is 62.3 Å². The van der Waals surface area contributed by atoms with Gasteiger partial charge in [-0.05, 0) is 12.8 Å². The van der Waals surface area contributed by atoms with E-state index in [-0.39, 0.29) is 17.6 Å². The van der Waals surface area contributed by atoms with Crippen LogP contribution in [0.15, 0.2) is 5.38 Å². The summed E-state index contributed by atoms with van der Waals surface area (Å²) in [5.41, 5.74) is -1.55. The number of rotatable bonds is 2. The number of halogens is 3. The van der Waals surface area contributed by atoms with E-state index in [0.717, 1.165) is 16.7 Å². The van der Waals surface area contributed by atoms with Gasteiger partial charge in [0.2, 0.25) is 11.8 Å². The van der Waals surface area contributed by atoms with Crippen LogP contribution in [0, 0.1) is 11.3 Å². The number of likely N-dealkylation sites (tertiary alicyclic amines) is 1. The lowest BCUT2D eigenvalue weighted by molar-refractivity contribution is -0.142. The molecule has 1 saturated heterocycles. The van der Waals surface area contributed by atoms with Gasteiger partial charge in [-0.1, -0.05) is 20.8 Å². The van der Waals surface area contributed by atoms with Gasteiger partial charge in [-0.15, -0.1) is 11.3 Å². The van der Waals surface area contributed by atoms with Crippen molar-refractivity contribution in [1.29, 1.82) is 0 Å². The third-order valence-electron chi connectivity index (χ3n) is 3.75. The lowest BCUT2D eigenvalue weighted by atomic mass is 9.91. The zero-order valence-corrected chi connectivity index (χ0v) is 14.6. The van der Waals surface area contributed by atoms with Crippen molar-refractivity contribution in [2.24, 2.45) is 11.3 Å². The molecular weight excluding hydrogens is 343 g/mol. The number of hydrogen-bond acceptors (Lipinski definition) is 4. The Balaban J connectivity index is 1.99. The summed E-state index contributed by atoms with van der Waals surface area (Å²) in [5, 5.41) is 3.22. The monoisotopic (exact) mass is 363 g/mol. The predicted octanol–water partition coefficient (Wildman–Crippen LogP) is 3.39. The van der Waals surface area contributed by atoms with Crippen LogP contribution < -0.4 is 5.32 Å². The fourth-order valence-corrected chi connectivity index (χ4v) is 3.24. The van der Waals surface area contributed by atoms with Crippen molar-refractivity contribution in [2.45, 2.75) is 39.8 Å². The Bertz CT molecular complexity index is 622. The first-order chi connectivity index (χ1) is 11.0. The van der Waals surface area contributed by atoms with Crippen molar-refractivity contribution in [2.75, 3.05) is 18.4 Å². The Hall–Kier alpha value is -1.64. The molecule has 134 valence electrons. The van der Waals surface area contributed by atoms with Crippen molar-refractivity contribution < 1.29 is 22.8 Å². The molecule has 0 saturated carbocycles. The first kappa shape index (κ1) is 18.7. The molecule has 5 nitrogen and oxygen atoms in total. The second-order valence-corrected chi connectivity index (χ2v) is 7.72. The summed E-state index contributed by atoms with van der Waals surface area (Å²) in [7, 11) is 0. The van der Waals surface area contributed by atoms with E-state index in [1.807, 2.05) is 20.8 Å². The highest BCUT2D eigenvalue weighted by Crippen LogP contribution is 2.32. The molecular formula is C15H20F3N3O2S. The number of thiazole rings is 1. The number of anilines is 1. The summed E-state index contributed by atoms with van der Waals surface area (Å²) in [5.74, 6) is -0.874. The number of hydrogen-bond donors (Lipinski definition) is 1. The van der Waals surface area contributed by atoms with Gasteiger partial charge in [-0.3, -0.25) is 9.59 Å². The van der Waals surface area contributed by atoms with Crippen LogP contribution in [0.5, 0.6) is 0 Å². The molecule has 2 heterocycles. The minimum atomic E-state index is -4.53. The van der Waals surface area contributed by atoms with E-state index in [1.165, 1.54) is 0 Å². The molecule has 1 aliphatic rings. The Kier molecular flexibility index (Phi) is 5.22. The van der Waals surface area contributed by atoms with Crippen molar-refractivity contribution in [1.82, 2.24) is 9.88 Å². The Morgan fingerprint density at radius 2 is 2.00 bits per heavy atom. The van der Waals surface area contributed by atoms with Crippen molar-refractivity contribution >= 4 is 28.3 Å². The van der Waals surface area contributed by atoms with Gasteiger partial charge in [0.25, 0.3) is 0 Å². The molecule has 1 aromatic heterocycles. The molecule has 1 aromatic rings. The smallest absolute Gasteiger partial charge is 0.341 e. The maximum absolute atomic E-state index is 12.5. The van der Waals surface area contributed by atoms with E-state index < -0.39 is 29.1 Å². The quantitative estimate of drug-likeness (QED) is 0.876. The molecule has 0 bridgehead atoms. The average Bonchev–Trinajstić information content (AvgIpc) is 2.94. The van der Waals surface area contributed by atoms with Gasteiger partial charge < -0.3 is 10.2 Å². The summed E-state index contributed by atoms with van der Waals surface area (Å²) in [6, 6.07) is 0. The van der Waals surface area contributed by atoms with Crippen LogP contribution in [-0.4, -0.2) is 34.8 Å². The lowest BCUT2D eigenvalue weighted by Gasteiger charge is -2.35. The third-order valence-corrected chi connectivity index (χ3v) is 4.50. The second-order valence-electron chi connectivity index (χ2n) is 6.87. The molecule has 0 aromatic carbocycles. The third kappa shape index (κ3) is 4.46. The van der Waals surface area contributed by atoms with Gasteiger partial charge in [-0.2, -0.15) is 13.2 Å². The molecule has 1 atom stereocenters. The van der Waals surface area contributed by atoms with Crippen molar-refractivity contribution in [3.63, 3.8) is 0 Å². The summed E-state index contributed by atoms with van der Waals surface area (Å²) in [6.45, 7) is 6.31. The average molecular weight is 363 g/mol. The number of piperidine rings is 1. The molecule has 1 N–H and O–H groups in total. The van der Waals surface area contributed by atoms with Gasteiger partial charge in [0.05, 0.1) is 5.92 Å². The number of carbonyl (C=O) groups is 2. The van der Waals surface area contributed by atoms with Gasteiger partial charge >= 0.3 is 6.18 Å². The summed E-state index contributed by atoms with van der Waals surface area (Å²) in [4.78, 5) is 29.6. The highest BCUT2D eigenvalue weighted by molar-refractivity contribution is 7.13. The number of aromatic nitrogens is 1. The van der Waals surface area contributed by atoms with E-state index in [4.69, 9.17) is 0 Å². The fourth-order valence-electron chi connectivity index (χ4n) is 2.52. The molecule has 1 aliphatic heterocycles. The van der Waals surface area contributed by atoms with Gasteiger partial charge in [0.15, 0.2) is 10.8 Å². The van der Waals surface area contributed by atoms with E-state index in [1.54, 1.807) is 4.90 Å². The Morgan fingerprint density at radius 1 is 1.33 bits per heavy atom. The summed E-state index contributed by atoms with van der Waals surface area (Å²) >= 11 is 0.737. The molecule has 0 spiro atoms. The van der Waals surface area contributed by atoms with Crippen molar-refractivity contribution in [3.05, 3.63) is 11.1 Å².